The highest BCUT2D eigenvalue weighted by Gasteiger charge is 2.29. The topological polar surface area (TPSA) is 55.1 Å². The monoisotopic (exact) mass is 264 g/mol. The molecule has 1 aromatic rings. The molecule has 0 aromatic heterocycles. The molecule has 100 valence electrons. The van der Waals surface area contributed by atoms with E-state index in [-0.39, 0.29) is 11.3 Å². The van der Waals surface area contributed by atoms with Gasteiger partial charge in [0.2, 0.25) is 5.91 Å². The molecule has 1 atom stereocenters. The van der Waals surface area contributed by atoms with Crippen molar-refractivity contribution in [3.05, 3.63) is 29.6 Å². The fraction of sp³-hybridized carbons (Fsp3) is 0.364. The van der Waals surface area contributed by atoms with E-state index in [0.29, 0.717) is 0 Å². The first-order valence-corrected chi connectivity index (χ1v) is 5.10. The number of halogens is 4. The molecule has 0 fully saturated rings. The molecule has 0 aliphatic rings. The number of amides is 1. The van der Waals surface area contributed by atoms with Crippen molar-refractivity contribution in [2.24, 2.45) is 0 Å². The SMILES string of the molecule is CC(C(=O)NCC(F)(F)F)c1ccc(N)c(F)c1. The summed E-state index contributed by atoms with van der Waals surface area (Å²) < 4.78 is 48.9. The molecule has 1 aromatic carbocycles. The minimum atomic E-state index is -4.47. The third kappa shape index (κ3) is 3.90. The predicted molar refractivity (Wildman–Crippen MR) is 58.3 cm³/mol. The number of nitrogens with one attached hydrogen (secondary N) is 1. The van der Waals surface area contributed by atoms with Crippen LogP contribution in [0.2, 0.25) is 0 Å². The number of carbonyl (C=O) groups excluding carboxylic acids is 1. The summed E-state index contributed by atoms with van der Waals surface area (Å²) in [5, 5.41) is 1.74. The first-order valence-electron chi connectivity index (χ1n) is 5.10. The number of nitrogens with two attached hydrogens (primary N) is 1. The van der Waals surface area contributed by atoms with Crippen molar-refractivity contribution < 1.29 is 22.4 Å². The Kier molecular flexibility index (Phi) is 4.15. The van der Waals surface area contributed by atoms with Crippen LogP contribution in [0.3, 0.4) is 0 Å². The number of hydrogen-bond acceptors (Lipinski definition) is 2. The molecule has 0 bridgehead atoms. The molecule has 0 radical (unpaired) electrons. The van der Waals surface area contributed by atoms with Gasteiger partial charge in [-0.05, 0) is 24.6 Å². The molecular formula is C11H12F4N2O. The Bertz CT molecular complexity index is 445. The molecule has 0 aliphatic heterocycles. The van der Waals surface area contributed by atoms with Crippen molar-refractivity contribution in [1.82, 2.24) is 5.32 Å². The molecule has 0 saturated carbocycles. The van der Waals surface area contributed by atoms with Gasteiger partial charge in [0.15, 0.2) is 0 Å². The van der Waals surface area contributed by atoms with Crippen LogP contribution in [0.25, 0.3) is 0 Å². The highest BCUT2D eigenvalue weighted by Crippen LogP contribution is 2.20. The lowest BCUT2D eigenvalue weighted by Crippen LogP contribution is -2.36. The van der Waals surface area contributed by atoms with Gasteiger partial charge in [-0.1, -0.05) is 6.07 Å². The van der Waals surface area contributed by atoms with E-state index < -0.39 is 30.4 Å². The minimum Gasteiger partial charge on any atom is -0.396 e. The molecule has 0 spiro atoms. The van der Waals surface area contributed by atoms with E-state index in [2.05, 4.69) is 0 Å². The van der Waals surface area contributed by atoms with Crippen molar-refractivity contribution >= 4 is 11.6 Å². The lowest BCUT2D eigenvalue weighted by Gasteiger charge is -2.14. The van der Waals surface area contributed by atoms with Gasteiger partial charge in [0.05, 0.1) is 11.6 Å². The summed E-state index contributed by atoms with van der Waals surface area (Å²) in [5.41, 5.74) is 5.44. The van der Waals surface area contributed by atoms with Crippen LogP contribution in [0, 0.1) is 5.82 Å². The van der Waals surface area contributed by atoms with E-state index in [4.69, 9.17) is 5.73 Å². The third-order valence-electron chi connectivity index (χ3n) is 2.38. The van der Waals surface area contributed by atoms with E-state index in [1.165, 1.54) is 19.1 Å². The van der Waals surface area contributed by atoms with E-state index in [9.17, 15) is 22.4 Å². The lowest BCUT2D eigenvalue weighted by molar-refractivity contribution is -0.139. The van der Waals surface area contributed by atoms with Crippen LogP contribution in [0.15, 0.2) is 18.2 Å². The average Bonchev–Trinajstić information content (AvgIpc) is 2.27. The van der Waals surface area contributed by atoms with E-state index >= 15 is 0 Å². The second-order valence-electron chi connectivity index (χ2n) is 3.84. The molecule has 1 unspecified atom stereocenters. The van der Waals surface area contributed by atoms with Crippen LogP contribution in [-0.2, 0) is 4.79 Å². The van der Waals surface area contributed by atoms with Gasteiger partial charge < -0.3 is 11.1 Å². The molecule has 0 aliphatic carbocycles. The summed E-state index contributed by atoms with van der Waals surface area (Å²) in [5.74, 6) is -2.41. The molecule has 3 nitrogen and oxygen atoms in total. The number of anilines is 1. The summed E-state index contributed by atoms with van der Waals surface area (Å²) in [6.45, 7) is -0.0235. The van der Waals surface area contributed by atoms with Crippen molar-refractivity contribution in [1.29, 1.82) is 0 Å². The van der Waals surface area contributed by atoms with Gasteiger partial charge in [0, 0.05) is 0 Å². The normalized spacial score (nSPS) is 13.2. The molecule has 0 heterocycles. The summed E-state index contributed by atoms with van der Waals surface area (Å²) in [7, 11) is 0. The van der Waals surface area contributed by atoms with Gasteiger partial charge in [-0.15, -0.1) is 0 Å². The lowest BCUT2D eigenvalue weighted by atomic mass is 10.00. The Morgan fingerprint density at radius 1 is 1.44 bits per heavy atom. The molecule has 18 heavy (non-hydrogen) atoms. The second-order valence-corrected chi connectivity index (χ2v) is 3.84. The number of rotatable bonds is 3. The second kappa shape index (κ2) is 5.24. The summed E-state index contributed by atoms with van der Waals surface area (Å²) in [6, 6.07) is 3.70. The average molecular weight is 264 g/mol. The Balaban J connectivity index is 2.71. The molecule has 7 heteroatoms. The van der Waals surface area contributed by atoms with Crippen LogP contribution in [-0.4, -0.2) is 18.6 Å². The Hall–Kier alpha value is -1.79. The zero-order valence-corrected chi connectivity index (χ0v) is 9.51. The van der Waals surface area contributed by atoms with E-state index in [1.54, 1.807) is 5.32 Å². The van der Waals surface area contributed by atoms with Gasteiger partial charge in [-0.3, -0.25) is 4.79 Å². The standard InChI is InChI=1S/C11H12F4N2O/c1-6(10(18)17-5-11(13,14)15)7-2-3-9(16)8(12)4-7/h2-4,6H,5,16H2,1H3,(H,17,18). The quantitative estimate of drug-likeness (QED) is 0.649. The van der Waals surface area contributed by atoms with Crippen molar-refractivity contribution in [2.75, 3.05) is 12.3 Å². The molecule has 0 saturated heterocycles. The van der Waals surface area contributed by atoms with Crippen LogP contribution in [0.1, 0.15) is 18.4 Å². The largest absolute Gasteiger partial charge is 0.405 e. The molecule has 1 rings (SSSR count). The smallest absolute Gasteiger partial charge is 0.396 e. The van der Waals surface area contributed by atoms with Gasteiger partial charge in [-0.2, -0.15) is 13.2 Å². The maximum absolute atomic E-state index is 13.1. The van der Waals surface area contributed by atoms with Gasteiger partial charge in [0.25, 0.3) is 0 Å². The van der Waals surface area contributed by atoms with Crippen LogP contribution >= 0.6 is 0 Å². The Morgan fingerprint density at radius 3 is 2.56 bits per heavy atom. The number of hydrogen-bond donors (Lipinski definition) is 2. The van der Waals surface area contributed by atoms with Crippen molar-refractivity contribution in [3.8, 4) is 0 Å². The van der Waals surface area contributed by atoms with Gasteiger partial charge >= 0.3 is 6.18 Å². The fourth-order valence-corrected chi connectivity index (χ4v) is 1.30. The zero-order valence-electron chi connectivity index (χ0n) is 9.51. The Labute approximate surface area is 101 Å². The highest BCUT2D eigenvalue weighted by molar-refractivity contribution is 5.83. The van der Waals surface area contributed by atoms with Crippen molar-refractivity contribution in [3.63, 3.8) is 0 Å². The van der Waals surface area contributed by atoms with E-state index in [0.717, 1.165) is 6.07 Å². The van der Waals surface area contributed by atoms with Crippen molar-refractivity contribution in [2.45, 2.75) is 19.0 Å². The fourth-order valence-electron chi connectivity index (χ4n) is 1.30. The van der Waals surface area contributed by atoms with Crippen LogP contribution < -0.4 is 11.1 Å². The summed E-state index contributed by atoms with van der Waals surface area (Å²) in [4.78, 5) is 11.4. The predicted octanol–water partition coefficient (Wildman–Crippen LogP) is 2.19. The number of benzene rings is 1. The first-order chi connectivity index (χ1) is 8.20. The molecule has 3 N–H and O–H groups in total. The van der Waals surface area contributed by atoms with Crippen LogP contribution in [0.5, 0.6) is 0 Å². The molecular weight excluding hydrogens is 252 g/mol. The van der Waals surface area contributed by atoms with E-state index in [1.807, 2.05) is 0 Å². The zero-order chi connectivity index (χ0) is 13.9. The van der Waals surface area contributed by atoms with Gasteiger partial charge in [0.1, 0.15) is 12.4 Å². The number of carbonyl (C=O) groups is 1. The van der Waals surface area contributed by atoms with Crippen LogP contribution in [0.4, 0.5) is 23.2 Å². The summed E-state index contributed by atoms with van der Waals surface area (Å²) >= 11 is 0. The summed E-state index contributed by atoms with van der Waals surface area (Å²) in [6.07, 6.45) is -4.47. The maximum Gasteiger partial charge on any atom is 0.405 e. The third-order valence-corrected chi connectivity index (χ3v) is 2.38. The number of alkyl halides is 3. The van der Waals surface area contributed by atoms with Gasteiger partial charge in [-0.25, -0.2) is 4.39 Å². The maximum atomic E-state index is 13.1. The highest BCUT2D eigenvalue weighted by atomic mass is 19.4. The molecule has 1 amide bonds. The minimum absolute atomic E-state index is 0.0818. The Morgan fingerprint density at radius 2 is 2.06 bits per heavy atom. The number of nitrogen functional groups attached to an aromatic ring is 1. The first kappa shape index (κ1) is 14.3.